The van der Waals surface area contributed by atoms with E-state index in [4.69, 9.17) is 15.9 Å². The molecule has 180 valence electrons. The molecule has 1 rings (SSSR count). The second-order valence-electron chi connectivity index (χ2n) is 7.05. The number of rotatable bonds is 9. The zero-order chi connectivity index (χ0) is 25.0. The zero-order valence-corrected chi connectivity index (χ0v) is 20.6. The van der Waals surface area contributed by atoms with Crippen molar-refractivity contribution in [2.45, 2.75) is 66.0 Å². The molecule has 0 aromatic heterocycles. The van der Waals surface area contributed by atoms with Crippen LogP contribution in [0, 0.1) is 11.2 Å². The predicted molar refractivity (Wildman–Crippen MR) is 131 cm³/mol. The van der Waals surface area contributed by atoms with E-state index in [-0.39, 0.29) is 23.4 Å². The molecule has 0 fully saturated rings. The van der Waals surface area contributed by atoms with Crippen LogP contribution < -0.4 is 16.4 Å². The second-order valence-corrected chi connectivity index (χ2v) is 7.05. The zero-order valence-electron chi connectivity index (χ0n) is 20.6. The van der Waals surface area contributed by atoms with Gasteiger partial charge in [-0.3, -0.25) is 10.2 Å². The lowest BCUT2D eigenvalue weighted by molar-refractivity contribution is -0.115. The Morgan fingerprint density at radius 3 is 2.16 bits per heavy atom. The maximum absolute atomic E-state index is 13.6. The third kappa shape index (κ3) is 16.1. The maximum atomic E-state index is 13.6. The van der Waals surface area contributed by atoms with Crippen molar-refractivity contribution in [1.82, 2.24) is 10.2 Å². The van der Waals surface area contributed by atoms with Crippen molar-refractivity contribution >= 4 is 24.1 Å². The van der Waals surface area contributed by atoms with E-state index in [1.165, 1.54) is 12.1 Å². The second kappa shape index (κ2) is 20.9. The first-order valence-electron chi connectivity index (χ1n) is 10.7. The van der Waals surface area contributed by atoms with Crippen molar-refractivity contribution in [1.29, 1.82) is 5.41 Å². The van der Waals surface area contributed by atoms with Crippen molar-refractivity contribution in [3.63, 3.8) is 0 Å². The van der Waals surface area contributed by atoms with Gasteiger partial charge in [-0.05, 0) is 59.1 Å². The van der Waals surface area contributed by atoms with Crippen molar-refractivity contribution in [3.05, 3.63) is 29.6 Å². The maximum Gasteiger partial charge on any atom is 0.270 e. The molecule has 0 heterocycles. The summed E-state index contributed by atoms with van der Waals surface area (Å²) in [6, 6.07) is 4.08. The average molecular weight is 442 g/mol. The summed E-state index contributed by atoms with van der Waals surface area (Å²) in [5.74, 6) is -1.01. The number of benzene rings is 1. The van der Waals surface area contributed by atoms with Crippen LogP contribution in [-0.4, -0.2) is 63.1 Å². The Bertz CT molecular complexity index is 609. The van der Waals surface area contributed by atoms with E-state index in [2.05, 4.69) is 10.6 Å². The number of nitrogens with two attached hydrogens (primary N) is 1. The van der Waals surface area contributed by atoms with Crippen LogP contribution in [0.4, 0.5) is 10.1 Å². The highest BCUT2D eigenvalue weighted by atomic mass is 19.1. The average Bonchev–Trinajstić information content (AvgIpc) is 2.76. The minimum absolute atomic E-state index is 0.159. The molecule has 0 saturated carbocycles. The van der Waals surface area contributed by atoms with Crippen LogP contribution in [0.2, 0.25) is 0 Å². The number of hydrogen-bond donors (Lipinski definition) is 4. The van der Waals surface area contributed by atoms with Crippen molar-refractivity contribution < 1.29 is 14.0 Å². The molecule has 1 amide bonds. The van der Waals surface area contributed by atoms with Gasteiger partial charge in [0.2, 0.25) is 0 Å². The fourth-order valence-electron chi connectivity index (χ4n) is 2.19. The quantitative estimate of drug-likeness (QED) is 0.437. The SMILES string of the molecule is C=O.CC.CCCC(CN)NC(=O)C(=N)c1cc(F)ccc1NC(C)CC.CN(C)C. The molecule has 2 unspecified atom stereocenters. The molecule has 0 spiro atoms. The Balaban J connectivity index is -0.000000855. The lowest BCUT2D eigenvalue weighted by atomic mass is 10.0. The van der Waals surface area contributed by atoms with Crippen LogP contribution in [0.15, 0.2) is 18.2 Å². The van der Waals surface area contributed by atoms with E-state index >= 15 is 0 Å². The molecule has 0 bridgehead atoms. The Kier molecular flexibility index (Phi) is 22.5. The largest absolute Gasteiger partial charge is 0.382 e. The van der Waals surface area contributed by atoms with Crippen LogP contribution in [0.3, 0.4) is 0 Å². The summed E-state index contributed by atoms with van der Waals surface area (Å²) in [4.78, 5) is 22.3. The summed E-state index contributed by atoms with van der Waals surface area (Å²) < 4.78 is 13.6. The normalized spacial score (nSPS) is 11.3. The summed E-state index contributed by atoms with van der Waals surface area (Å²) in [5.41, 5.74) is 6.21. The van der Waals surface area contributed by atoms with Gasteiger partial charge in [0.05, 0.1) is 0 Å². The topological polar surface area (TPSA) is 111 Å². The number of hydrogen-bond acceptors (Lipinski definition) is 6. The molecule has 0 radical (unpaired) electrons. The van der Waals surface area contributed by atoms with Crippen LogP contribution in [0.25, 0.3) is 0 Å². The number of nitrogens with one attached hydrogen (secondary N) is 3. The number of carbonyl (C=O) groups is 2. The number of halogens is 1. The van der Waals surface area contributed by atoms with Crippen LogP contribution >= 0.6 is 0 Å². The molecule has 7 nitrogen and oxygen atoms in total. The van der Waals surface area contributed by atoms with Gasteiger partial charge in [0.1, 0.15) is 18.3 Å². The van der Waals surface area contributed by atoms with Gasteiger partial charge < -0.3 is 26.1 Å². The fraction of sp³-hybridized carbons (Fsp3) is 0.609. The molecule has 31 heavy (non-hydrogen) atoms. The number of amides is 1. The van der Waals surface area contributed by atoms with Crippen molar-refractivity contribution in [2.75, 3.05) is 33.0 Å². The lowest BCUT2D eigenvalue weighted by Crippen LogP contribution is -2.43. The molecule has 0 saturated heterocycles. The summed E-state index contributed by atoms with van der Waals surface area (Å²) in [6.07, 6.45) is 2.51. The van der Waals surface area contributed by atoms with Gasteiger partial charge in [0.25, 0.3) is 5.91 Å². The Labute approximate surface area is 188 Å². The smallest absolute Gasteiger partial charge is 0.270 e. The number of anilines is 1. The van der Waals surface area contributed by atoms with Gasteiger partial charge in [0.15, 0.2) is 0 Å². The van der Waals surface area contributed by atoms with Crippen molar-refractivity contribution in [2.24, 2.45) is 5.73 Å². The van der Waals surface area contributed by atoms with E-state index in [9.17, 15) is 9.18 Å². The fourth-order valence-corrected chi connectivity index (χ4v) is 2.19. The highest BCUT2D eigenvalue weighted by molar-refractivity contribution is 6.45. The Hall–Kier alpha value is -2.32. The summed E-state index contributed by atoms with van der Waals surface area (Å²) in [5, 5.41) is 14.1. The summed E-state index contributed by atoms with van der Waals surface area (Å²) >= 11 is 0. The minimum Gasteiger partial charge on any atom is -0.382 e. The van der Waals surface area contributed by atoms with E-state index in [1.807, 2.05) is 67.5 Å². The van der Waals surface area contributed by atoms with Gasteiger partial charge in [-0.1, -0.05) is 34.1 Å². The molecule has 8 heteroatoms. The van der Waals surface area contributed by atoms with Crippen molar-refractivity contribution in [3.8, 4) is 0 Å². The molecule has 1 aromatic carbocycles. The van der Waals surface area contributed by atoms with Gasteiger partial charge >= 0.3 is 0 Å². The van der Waals surface area contributed by atoms with Gasteiger partial charge in [0, 0.05) is 29.9 Å². The van der Waals surface area contributed by atoms with Gasteiger partial charge in [-0.2, -0.15) is 0 Å². The lowest BCUT2D eigenvalue weighted by Gasteiger charge is -2.19. The van der Waals surface area contributed by atoms with Crippen LogP contribution in [0.5, 0.6) is 0 Å². The number of carbonyl (C=O) groups excluding carboxylic acids is 2. The standard InChI is InChI=1S/C17H27FN4O.C3H9N.C2H6.CH2O/c1-4-6-13(10-19)22-17(23)16(20)14-9-12(18)7-8-15(14)21-11(3)5-2;1-4(2)3;2*1-2/h7-9,11,13,20-21H,4-6,10,19H2,1-3H3,(H,22,23);1-3H3;1-2H3;1H2. The highest BCUT2D eigenvalue weighted by Crippen LogP contribution is 2.19. The Morgan fingerprint density at radius 1 is 1.23 bits per heavy atom. The third-order valence-electron chi connectivity index (χ3n) is 3.75. The Morgan fingerprint density at radius 2 is 1.74 bits per heavy atom. The molecule has 1 aromatic rings. The summed E-state index contributed by atoms with van der Waals surface area (Å²) in [6.45, 7) is 12.3. The van der Waals surface area contributed by atoms with Crippen LogP contribution in [0.1, 0.15) is 59.4 Å². The molecule has 5 N–H and O–H groups in total. The first kappa shape index (κ1) is 33.3. The van der Waals surface area contributed by atoms with Gasteiger partial charge in [-0.25, -0.2) is 4.39 Å². The first-order chi connectivity index (χ1) is 14.7. The predicted octanol–water partition coefficient (Wildman–Crippen LogP) is 3.67. The van der Waals surface area contributed by atoms with E-state index in [1.54, 1.807) is 6.07 Å². The van der Waals surface area contributed by atoms with Crippen LogP contribution in [-0.2, 0) is 9.59 Å². The molecular weight excluding hydrogens is 397 g/mol. The number of nitrogens with zero attached hydrogens (tertiary/aromatic N) is 1. The van der Waals surface area contributed by atoms with E-state index < -0.39 is 11.7 Å². The van der Waals surface area contributed by atoms with Gasteiger partial charge in [-0.15, -0.1) is 0 Å². The first-order valence-corrected chi connectivity index (χ1v) is 10.7. The molecule has 2 atom stereocenters. The molecular formula is C23H44FN5O2. The summed E-state index contributed by atoms with van der Waals surface area (Å²) in [7, 11) is 6.00. The third-order valence-corrected chi connectivity index (χ3v) is 3.75. The monoisotopic (exact) mass is 441 g/mol. The minimum atomic E-state index is -0.535. The molecule has 0 aliphatic rings. The molecule has 0 aliphatic heterocycles. The molecule has 0 aliphatic carbocycles. The van der Waals surface area contributed by atoms with E-state index in [0.717, 1.165) is 19.3 Å². The van der Waals surface area contributed by atoms with E-state index in [0.29, 0.717) is 12.2 Å². The highest BCUT2D eigenvalue weighted by Gasteiger charge is 2.19.